The molecule has 0 bridgehead atoms. The van der Waals surface area contributed by atoms with E-state index < -0.39 is 0 Å². The van der Waals surface area contributed by atoms with E-state index in [9.17, 15) is 9.18 Å². The second-order valence-electron chi connectivity index (χ2n) is 6.24. The Bertz CT molecular complexity index is 773. The Kier molecular flexibility index (Phi) is 5.73. The number of benzene rings is 2. The van der Waals surface area contributed by atoms with Crippen molar-refractivity contribution in [2.24, 2.45) is 0 Å². The van der Waals surface area contributed by atoms with E-state index in [2.05, 4.69) is 4.90 Å². The average Bonchev–Trinajstić information content (AvgIpc) is 2.68. The van der Waals surface area contributed by atoms with Crippen LogP contribution in [0.1, 0.15) is 15.9 Å². The average molecular weight is 358 g/mol. The fraction of sp³-hybridized carbons (Fsp3) is 0.350. The van der Waals surface area contributed by atoms with Crippen LogP contribution in [0, 0.1) is 5.82 Å². The quantitative estimate of drug-likeness (QED) is 0.824. The molecule has 0 N–H and O–H groups in total. The summed E-state index contributed by atoms with van der Waals surface area (Å²) in [5.74, 6) is 0.474. The molecular weight excluding hydrogens is 335 g/mol. The summed E-state index contributed by atoms with van der Waals surface area (Å²) in [4.78, 5) is 16.8. The number of halogens is 1. The van der Waals surface area contributed by atoms with Crippen molar-refractivity contribution in [1.82, 2.24) is 9.80 Å². The van der Waals surface area contributed by atoms with E-state index in [-0.39, 0.29) is 17.5 Å². The zero-order chi connectivity index (χ0) is 18.5. The van der Waals surface area contributed by atoms with Crippen LogP contribution in [-0.4, -0.2) is 56.1 Å². The van der Waals surface area contributed by atoms with Gasteiger partial charge in [-0.1, -0.05) is 18.2 Å². The number of amides is 1. The first-order chi connectivity index (χ1) is 12.6. The molecule has 2 aromatic carbocycles. The summed E-state index contributed by atoms with van der Waals surface area (Å²) < 4.78 is 24.1. The Morgan fingerprint density at radius 2 is 1.69 bits per heavy atom. The molecule has 0 aromatic heterocycles. The lowest BCUT2D eigenvalue weighted by atomic mass is 10.1. The van der Waals surface area contributed by atoms with Crippen molar-refractivity contribution in [1.29, 1.82) is 0 Å². The molecule has 1 amide bonds. The predicted molar refractivity (Wildman–Crippen MR) is 97.1 cm³/mol. The standard InChI is InChI=1S/C20H23FN2O3/c1-25-18-6-4-3-5-16(18)20(24)23-11-9-22(10-12-23)14-15-7-8-19(26-2)17(21)13-15/h3-8,13H,9-12,14H2,1-2H3. The molecule has 26 heavy (non-hydrogen) atoms. The second kappa shape index (κ2) is 8.19. The smallest absolute Gasteiger partial charge is 0.257 e. The van der Waals surface area contributed by atoms with Crippen LogP contribution in [0.25, 0.3) is 0 Å². The van der Waals surface area contributed by atoms with Crippen molar-refractivity contribution in [2.45, 2.75) is 6.54 Å². The van der Waals surface area contributed by atoms with Gasteiger partial charge in [0.1, 0.15) is 5.75 Å². The molecule has 2 aromatic rings. The molecular formula is C20H23FN2O3. The van der Waals surface area contributed by atoms with Crippen LogP contribution in [0.4, 0.5) is 4.39 Å². The number of hydrogen-bond donors (Lipinski definition) is 0. The molecule has 0 saturated carbocycles. The molecule has 0 aliphatic carbocycles. The third-order valence-electron chi connectivity index (χ3n) is 4.62. The molecule has 1 saturated heterocycles. The zero-order valence-corrected chi connectivity index (χ0v) is 15.1. The van der Waals surface area contributed by atoms with Crippen LogP contribution in [-0.2, 0) is 6.54 Å². The number of rotatable bonds is 5. The van der Waals surface area contributed by atoms with Gasteiger partial charge in [-0.15, -0.1) is 0 Å². The molecule has 5 nitrogen and oxygen atoms in total. The third kappa shape index (κ3) is 3.96. The molecule has 0 radical (unpaired) electrons. The third-order valence-corrected chi connectivity index (χ3v) is 4.62. The first-order valence-corrected chi connectivity index (χ1v) is 8.59. The lowest BCUT2D eigenvalue weighted by Gasteiger charge is -2.35. The van der Waals surface area contributed by atoms with E-state index in [1.165, 1.54) is 13.2 Å². The SMILES string of the molecule is COc1ccc(CN2CCN(C(=O)c3ccccc3OC)CC2)cc1F. The summed E-state index contributed by atoms with van der Waals surface area (Å²) in [5.41, 5.74) is 1.48. The summed E-state index contributed by atoms with van der Waals surface area (Å²) in [6.07, 6.45) is 0. The summed E-state index contributed by atoms with van der Waals surface area (Å²) in [5, 5.41) is 0. The van der Waals surface area contributed by atoms with E-state index in [0.717, 1.165) is 18.7 Å². The van der Waals surface area contributed by atoms with Crippen molar-refractivity contribution in [2.75, 3.05) is 40.4 Å². The summed E-state index contributed by atoms with van der Waals surface area (Å²) in [6.45, 7) is 3.41. The minimum atomic E-state index is -0.352. The summed E-state index contributed by atoms with van der Waals surface area (Å²) in [7, 11) is 3.02. The first kappa shape index (κ1) is 18.2. The number of piperazine rings is 1. The Hall–Kier alpha value is -2.60. The van der Waals surface area contributed by atoms with Crippen molar-refractivity contribution in [3.8, 4) is 11.5 Å². The van der Waals surface area contributed by atoms with Gasteiger partial charge in [0, 0.05) is 32.7 Å². The normalized spacial score (nSPS) is 15.0. The summed E-state index contributed by atoms with van der Waals surface area (Å²) >= 11 is 0. The highest BCUT2D eigenvalue weighted by Crippen LogP contribution is 2.21. The molecule has 3 rings (SSSR count). The predicted octanol–water partition coefficient (Wildman–Crippen LogP) is 2.80. The van der Waals surface area contributed by atoms with Crippen molar-refractivity contribution >= 4 is 5.91 Å². The Morgan fingerprint density at radius 1 is 1.00 bits per heavy atom. The fourth-order valence-corrected chi connectivity index (χ4v) is 3.17. The molecule has 0 unspecified atom stereocenters. The largest absolute Gasteiger partial charge is 0.496 e. The van der Waals surface area contributed by atoms with Crippen molar-refractivity contribution < 1.29 is 18.7 Å². The number of para-hydroxylation sites is 1. The Labute approximate surface area is 152 Å². The lowest BCUT2D eigenvalue weighted by molar-refractivity contribution is 0.0625. The minimum Gasteiger partial charge on any atom is -0.496 e. The van der Waals surface area contributed by atoms with Crippen LogP contribution in [0.2, 0.25) is 0 Å². The van der Waals surface area contributed by atoms with Gasteiger partial charge in [-0.3, -0.25) is 9.69 Å². The molecule has 1 aliphatic heterocycles. The van der Waals surface area contributed by atoms with Gasteiger partial charge in [-0.25, -0.2) is 4.39 Å². The highest BCUT2D eigenvalue weighted by molar-refractivity contribution is 5.97. The van der Waals surface area contributed by atoms with Gasteiger partial charge in [0.05, 0.1) is 19.8 Å². The molecule has 138 valence electrons. The topological polar surface area (TPSA) is 42.0 Å². The maximum absolute atomic E-state index is 13.8. The summed E-state index contributed by atoms with van der Waals surface area (Å²) in [6, 6.07) is 12.3. The number of carbonyl (C=O) groups excluding carboxylic acids is 1. The molecule has 0 spiro atoms. The van der Waals surface area contributed by atoms with E-state index in [4.69, 9.17) is 9.47 Å². The maximum atomic E-state index is 13.8. The molecule has 0 atom stereocenters. The van der Waals surface area contributed by atoms with Gasteiger partial charge in [0.15, 0.2) is 11.6 Å². The number of carbonyl (C=O) groups is 1. The monoisotopic (exact) mass is 358 g/mol. The highest BCUT2D eigenvalue weighted by Gasteiger charge is 2.24. The van der Waals surface area contributed by atoms with Gasteiger partial charge in [0.2, 0.25) is 0 Å². The van der Waals surface area contributed by atoms with Crippen molar-refractivity contribution in [3.63, 3.8) is 0 Å². The lowest BCUT2D eigenvalue weighted by Crippen LogP contribution is -2.48. The van der Waals surface area contributed by atoms with Crippen molar-refractivity contribution in [3.05, 3.63) is 59.4 Å². The van der Waals surface area contributed by atoms with E-state index in [1.54, 1.807) is 25.3 Å². The Balaban J connectivity index is 1.59. The number of nitrogens with zero attached hydrogens (tertiary/aromatic N) is 2. The van der Waals surface area contributed by atoms with E-state index in [1.807, 2.05) is 23.1 Å². The van der Waals surface area contributed by atoms with Gasteiger partial charge >= 0.3 is 0 Å². The van der Waals surface area contributed by atoms with Crippen LogP contribution in [0.15, 0.2) is 42.5 Å². The van der Waals surface area contributed by atoms with Crippen LogP contribution in [0.3, 0.4) is 0 Å². The van der Waals surface area contributed by atoms with Gasteiger partial charge in [-0.2, -0.15) is 0 Å². The Morgan fingerprint density at radius 3 is 2.35 bits per heavy atom. The fourth-order valence-electron chi connectivity index (χ4n) is 3.17. The first-order valence-electron chi connectivity index (χ1n) is 8.59. The van der Waals surface area contributed by atoms with Gasteiger partial charge < -0.3 is 14.4 Å². The van der Waals surface area contributed by atoms with Crippen LogP contribution >= 0.6 is 0 Å². The maximum Gasteiger partial charge on any atom is 0.257 e. The molecule has 1 aliphatic rings. The number of hydrogen-bond acceptors (Lipinski definition) is 4. The second-order valence-corrected chi connectivity index (χ2v) is 6.24. The van der Waals surface area contributed by atoms with E-state index in [0.29, 0.717) is 30.9 Å². The number of ether oxygens (including phenoxy) is 2. The number of methoxy groups -OCH3 is 2. The molecule has 1 heterocycles. The van der Waals surface area contributed by atoms with E-state index >= 15 is 0 Å². The van der Waals surface area contributed by atoms with Gasteiger partial charge in [0.25, 0.3) is 5.91 Å². The minimum absolute atomic E-state index is 0.0161. The molecule has 1 fully saturated rings. The zero-order valence-electron chi connectivity index (χ0n) is 15.1. The van der Waals surface area contributed by atoms with Gasteiger partial charge in [-0.05, 0) is 29.8 Å². The van der Waals surface area contributed by atoms with Crippen LogP contribution < -0.4 is 9.47 Å². The highest BCUT2D eigenvalue weighted by atomic mass is 19.1. The molecule has 6 heteroatoms. The van der Waals surface area contributed by atoms with Crippen LogP contribution in [0.5, 0.6) is 11.5 Å².